The fourth-order valence-corrected chi connectivity index (χ4v) is 2.94. The molecule has 1 heterocycles. The van der Waals surface area contributed by atoms with E-state index in [1.165, 1.54) is 6.07 Å². The van der Waals surface area contributed by atoms with Gasteiger partial charge in [-0.1, -0.05) is 6.92 Å². The molecule has 0 fully saturated rings. The van der Waals surface area contributed by atoms with Crippen molar-refractivity contribution >= 4 is 17.9 Å². The fraction of sp³-hybridized carbons (Fsp3) is 0.222. The summed E-state index contributed by atoms with van der Waals surface area (Å²) in [4.78, 5) is 2.01. The van der Waals surface area contributed by atoms with Gasteiger partial charge in [-0.15, -0.1) is 0 Å². The quantitative estimate of drug-likeness (QED) is 0.622. The van der Waals surface area contributed by atoms with Gasteiger partial charge >= 0.3 is 0 Å². The first kappa shape index (κ1) is 17.0. The highest BCUT2D eigenvalue weighted by atomic mass is 32.1. The van der Waals surface area contributed by atoms with Gasteiger partial charge in [0.1, 0.15) is 11.5 Å². The molecule has 0 radical (unpaired) electrons. The van der Waals surface area contributed by atoms with Crippen molar-refractivity contribution in [3.05, 3.63) is 46.7 Å². The van der Waals surface area contributed by atoms with E-state index in [0.717, 1.165) is 16.9 Å². The SMILES string of the molecule is CCc1cc(-c2n[nH]c(=S)n2-c2ccc(N(C)C)cc2)c(O)cc1O. The number of phenolic OH excluding ortho intramolecular Hbond substituents is 2. The minimum atomic E-state index is -0.0464. The van der Waals surface area contributed by atoms with Gasteiger partial charge in [0.15, 0.2) is 10.6 Å². The van der Waals surface area contributed by atoms with Gasteiger partial charge in [0.25, 0.3) is 0 Å². The second-order valence-electron chi connectivity index (χ2n) is 5.95. The summed E-state index contributed by atoms with van der Waals surface area (Å²) in [5.74, 6) is 0.518. The molecular weight excluding hydrogens is 336 g/mol. The molecule has 130 valence electrons. The van der Waals surface area contributed by atoms with E-state index in [0.29, 0.717) is 22.6 Å². The van der Waals surface area contributed by atoms with Gasteiger partial charge in [-0.2, -0.15) is 5.10 Å². The number of H-pyrrole nitrogens is 1. The standard InChI is InChI=1S/C18H20N4O2S/c1-4-11-9-14(16(24)10-15(11)23)17-19-20-18(25)22(17)13-7-5-12(6-8-13)21(2)3/h5-10,23-24H,4H2,1-3H3,(H,20,25). The minimum Gasteiger partial charge on any atom is -0.508 e. The van der Waals surface area contributed by atoms with Gasteiger partial charge in [-0.3, -0.25) is 9.67 Å². The van der Waals surface area contributed by atoms with Crippen LogP contribution in [0.15, 0.2) is 36.4 Å². The highest BCUT2D eigenvalue weighted by molar-refractivity contribution is 7.71. The predicted octanol–water partition coefficient (Wildman–Crippen LogP) is 3.64. The third kappa shape index (κ3) is 3.10. The van der Waals surface area contributed by atoms with Crippen molar-refractivity contribution in [2.45, 2.75) is 13.3 Å². The summed E-state index contributed by atoms with van der Waals surface area (Å²) in [6, 6.07) is 10.9. The van der Waals surface area contributed by atoms with Crippen LogP contribution >= 0.6 is 12.2 Å². The van der Waals surface area contributed by atoms with E-state index in [2.05, 4.69) is 10.2 Å². The van der Waals surface area contributed by atoms with Crippen LogP contribution in [0.25, 0.3) is 17.1 Å². The molecule has 3 aromatic rings. The topological polar surface area (TPSA) is 77.3 Å². The van der Waals surface area contributed by atoms with Crippen LogP contribution < -0.4 is 4.90 Å². The number of aromatic nitrogens is 3. The van der Waals surface area contributed by atoms with Crippen LogP contribution in [0.2, 0.25) is 0 Å². The Bertz CT molecular complexity index is 958. The number of aryl methyl sites for hydroxylation is 1. The largest absolute Gasteiger partial charge is 0.508 e. The van der Waals surface area contributed by atoms with E-state index >= 15 is 0 Å². The first-order valence-corrected chi connectivity index (χ1v) is 8.33. The number of rotatable bonds is 4. The molecule has 2 aromatic carbocycles. The van der Waals surface area contributed by atoms with E-state index < -0.39 is 0 Å². The van der Waals surface area contributed by atoms with Gasteiger partial charge in [-0.25, -0.2) is 0 Å². The molecule has 0 aliphatic heterocycles. The van der Waals surface area contributed by atoms with Crippen LogP contribution in [0.1, 0.15) is 12.5 Å². The molecule has 0 unspecified atom stereocenters. The van der Waals surface area contributed by atoms with Crippen molar-refractivity contribution in [1.82, 2.24) is 14.8 Å². The van der Waals surface area contributed by atoms with Crippen molar-refractivity contribution in [3.63, 3.8) is 0 Å². The lowest BCUT2D eigenvalue weighted by Crippen LogP contribution is -2.08. The zero-order chi connectivity index (χ0) is 18.1. The van der Waals surface area contributed by atoms with Crippen molar-refractivity contribution in [1.29, 1.82) is 0 Å². The zero-order valence-electron chi connectivity index (χ0n) is 14.3. The Morgan fingerprint density at radius 1 is 1.12 bits per heavy atom. The fourth-order valence-electron chi connectivity index (χ4n) is 2.70. The number of anilines is 1. The van der Waals surface area contributed by atoms with E-state index in [-0.39, 0.29) is 11.5 Å². The van der Waals surface area contributed by atoms with Crippen molar-refractivity contribution in [2.75, 3.05) is 19.0 Å². The molecule has 0 bridgehead atoms. The lowest BCUT2D eigenvalue weighted by atomic mass is 10.1. The van der Waals surface area contributed by atoms with Crippen LogP contribution in [-0.2, 0) is 6.42 Å². The number of nitrogens with zero attached hydrogens (tertiary/aromatic N) is 3. The second-order valence-corrected chi connectivity index (χ2v) is 6.34. The summed E-state index contributed by atoms with van der Waals surface area (Å²) in [5, 5.41) is 27.3. The first-order valence-electron chi connectivity index (χ1n) is 7.92. The Labute approximate surface area is 151 Å². The average Bonchev–Trinajstić information content (AvgIpc) is 2.96. The van der Waals surface area contributed by atoms with E-state index in [1.54, 1.807) is 10.6 Å². The average molecular weight is 356 g/mol. The van der Waals surface area contributed by atoms with E-state index in [1.807, 2.05) is 50.2 Å². The molecule has 0 saturated heterocycles. The molecule has 25 heavy (non-hydrogen) atoms. The summed E-state index contributed by atoms with van der Waals surface area (Å²) in [6.45, 7) is 1.94. The maximum atomic E-state index is 10.3. The van der Waals surface area contributed by atoms with Crippen LogP contribution in [0.4, 0.5) is 5.69 Å². The smallest absolute Gasteiger partial charge is 0.200 e. The van der Waals surface area contributed by atoms with Gasteiger partial charge in [-0.05, 0) is 54.5 Å². The molecule has 3 N–H and O–H groups in total. The number of hydrogen-bond acceptors (Lipinski definition) is 5. The number of phenols is 2. The van der Waals surface area contributed by atoms with Crippen molar-refractivity contribution in [3.8, 4) is 28.6 Å². The second kappa shape index (κ2) is 6.60. The Kier molecular flexibility index (Phi) is 4.50. The van der Waals surface area contributed by atoms with Gasteiger partial charge in [0.2, 0.25) is 0 Å². The summed E-state index contributed by atoms with van der Waals surface area (Å²) >= 11 is 5.37. The summed E-state index contributed by atoms with van der Waals surface area (Å²) < 4.78 is 2.19. The Hall–Kier alpha value is -2.80. The molecule has 6 nitrogen and oxygen atoms in total. The van der Waals surface area contributed by atoms with Gasteiger partial charge < -0.3 is 15.1 Å². The summed E-state index contributed by atoms with van der Waals surface area (Å²) in [5.41, 5.74) is 3.15. The van der Waals surface area contributed by atoms with Crippen LogP contribution in [0.3, 0.4) is 0 Å². The lowest BCUT2D eigenvalue weighted by Gasteiger charge is -2.14. The molecular formula is C18H20N4O2S. The first-order chi connectivity index (χ1) is 11.9. The van der Waals surface area contributed by atoms with Crippen molar-refractivity contribution < 1.29 is 10.2 Å². The number of benzene rings is 2. The van der Waals surface area contributed by atoms with Gasteiger partial charge in [0, 0.05) is 25.8 Å². The highest BCUT2D eigenvalue weighted by Gasteiger charge is 2.17. The van der Waals surface area contributed by atoms with Crippen LogP contribution in [-0.4, -0.2) is 39.1 Å². The Balaban J connectivity index is 2.16. The summed E-state index contributed by atoms with van der Waals surface area (Å²) in [6.07, 6.45) is 0.641. The molecule has 0 atom stereocenters. The molecule has 0 aliphatic rings. The third-order valence-corrected chi connectivity index (χ3v) is 4.39. The minimum absolute atomic E-state index is 0.0464. The molecule has 0 saturated carbocycles. The molecule has 0 aliphatic carbocycles. The zero-order valence-corrected chi connectivity index (χ0v) is 15.1. The maximum Gasteiger partial charge on any atom is 0.200 e. The number of aromatic amines is 1. The predicted molar refractivity (Wildman–Crippen MR) is 101 cm³/mol. The van der Waals surface area contributed by atoms with Gasteiger partial charge in [0.05, 0.1) is 11.3 Å². The normalized spacial score (nSPS) is 10.8. The Morgan fingerprint density at radius 2 is 1.80 bits per heavy atom. The third-order valence-electron chi connectivity index (χ3n) is 4.12. The van der Waals surface area contributed by atoms with Crippen LogP contribution in [0.5, 0.6) is 11.5 Å². The molecule has 3 rings (SSSR count). The number of aromatic hydroxyl groups is 2. The number of hydrogen-bond donors (Lipinski definition) is 3. The van der Waals surface area contributed by atoms with Crippen molar-refractivity contribution in [2.24, 2.45) is 0 Å². The molecule has 0 amide bonds. The monoisotopic (exact) mass is 356 g/mol. The maximum absolute atomic E-state index is 10.3. The molecule has 1 aromatic heterocycles. The number of nitrogens with one attached hydrogen (secondary N) is 1. The van der Waals surface area contributed by atoms with Crippen LogP contribution in [0, 0.1) is 4.77 Å². The summed E-state index contributed by atoms with van der Waals surface area (Å²) in [7, 11) is 3.95. The lowest BCUT2D eigenvalue weighted by molar-refractivity contribution is 0.447. The molecule has 7 heteroatoms. The highest BCUT2D eigenvalue weighted by Crippen LogP contribution is 2.35. The van der Waals surface area contributed by atoms with E-state index in [4.69, 9.17) is 12.2 Å². The molecule has 0 spiro atoms. The Morgan fingerprint density at radius 3 is 2.40 bits per heavy atom. The van der Waals surface area contributed by atoms with E-state index in [9.17, 15) is 10.2 Å².